The van der Waals surface area contributed by atoms with Gasteiger partial charge in [-0.05, 0) is 59.9 Å². The van der Waals surface area contributed by atoms with Crippen molar-refractivity contribution in [2.75, 3.05) is 6.54 Å². The van der Waals surface area contributed by atoms with Crippen molar-refractivity contribution >= 4 is 52.1 Å². The quantitative estimate of drug-likeness (QED) is 0.200. The van der Waals surface area contributed by atoms with Crippen LogP contribution in [-0.4, -0.2) is 33.5 Å². The van der Waals surface area contributed by atoms with Gasteiger partial charge >= 0.3 is 0 Å². The Morgan fingerprint density at radius 3 is 2.36 bits per heavy atom. The highest BCUT2D eigenvalue weighted by Gasteiger charge is 2.31. The summed E-state index contributed by atoms with van der Waals surface area (Å²) in [5.41, 5.74) is 8.44. The molecule has 0 aliphatic carbocycles. The van der Waals surface area contributed by atoms with Gasteiger partial charge in [-0.1, -0.05) is 85.5 Å². The van der Waals surface area contributed by atoms with Crippen molar-refractivity contribution in [1.29, 1.82) is 0 Å². The number of amides is 3. The lowest BCUT2D eigenvalue weighted by Crippen LogP contribution is -2.41. The number of hydrogen-bond acceptors (Lipinski definition) is 6. The van der Waals surface area contributed by atoms with Gasteiger partial charge in [0.25, 0.3) is 11.8 Å². The number of rotatable bonds is 10. The number of thiocarbonyl (C=S) groups is 1. The number of nitrogens with one attached hydrogen (secondary N) is 2. The molecular weight excluding hydrogens is 530 g/mol. The molecule has 0 spiro atoms. The van der Waals surface area contributed by atoms with Crippen LogP contribution in [0.5, 0.6) is 5.75 Å². The summed E-state index contributed by atoms with van der Waals surface area (Å²) in [4.78, 5) is 39.5. The lowest BCUT2D eigenvalue weighted by Gasteiger charge is -2.14. The summed E-state index contributed by atoms with van der Waals surface area (Å²) in [7, 11) is 0. The first-order valence-corrected chi connectivity index (χ1v) is 13.9. The van der Waals surface area contributed by atoms with E-state index in [1.807, 2.05) is 60.7 Å². The van der Waals surface area contributed by atoms with Crippen LogP contribution in [-0.2, 0) is 22.6 Å². The normalized spacial score (nSPS) is 14.0. The molecule has 3 aromatic rings. The molecule has 7 nitrogen and oxygen atoms in total. The molecule has 4 rings (SSSR count). The lowest BCUT2D eigenvalue weighted by atomic mass is 10.1. The van der Waals surface area contributed by atoms with Crippen LogP contribution in [0.15, 0.2) is 83.8 Å². The highest BCUT2D eigenvalue weighted by Crippen LogP contribution is 2.32. The van der Waals surface area contributed by atoms with Gasteiger partial charge in [0.2, 0.25) is 5.91 Å². The minimum Gasteiger partial charge on any atom is -0.489 e. The highest BCUT2D eigenvalue weighted by atomic mass is 32.2. The van der Waals surface area contributed by atoms with Crippen LogP contribution in [0, 0.1) is 0 Å². The zero-order valence-electron chi connectivity index (χ0n) is 21.5. The van der Waals surface area contributed by atoms with Crippen molar-refractivity contribution < 1.29 is 19.1 Å². The van der Waals surface area contributed by atoms with E-state index in [1.54, 1.807) is 24.3 Å². The molecule has 0 bridgehead atoms. The average Bonchev–Trinajstić information content (AvgIpc) is 3.23. The van der Waals surface area contributed by atoms with Gasteiger partial charge in [0, 0.05) is 18.5 Å². The van der Waals surface area contributed by atoms with Gasteiger partial charge in [-0.15, -0.1) is 0 Å². The van der Waals surface area contributed by atoms with Crippen molar-refractivity contribution in [3.8, 4) is 5.75 Å². The Labute approximate surface area is 237 Å². The molecule has 0 radical (unpaired) electrons. The maximum absolute atomic E-state index is 12.8. The van der Waals surface area contributed by atoms with Crippen molar-refractivity contribution in [1.82, 2.24) is 15.8 Å². The Morgan fingerprint density at radius 2 is 1.67 bits per heavy atom. The summed E-state index contributed by atoms with van der Waals surface area (Å²) in [5, 5.41) is 0. The van der Waals surface area contributed by atoms with Crippen LogP contribution in [0.1, 0.15) is 46.8 Å². The van der Waals surface area contributed by atoms with Gasteiger partial charge in [0.15, 0.2) is 0 Å². The molecule has 1 aliphatic rings. The van der Waals surface area contributed by atoms with Gasteiger partial charge < -0.3 is 4.74 Å². The second-order valence-corrected chi connectivity index (χ2v) is 10.5. The molecule has 0 unspecified atom stereocenters. The highest BCUT2D eigenvalue weighted by molar-refractivity contribution is 8.26. The molecule has 2 N–H and O–H groups in total. The average molecular weight is 560 g/mol. The summed E-state index contributed by atoms with van der Waals surface area (Å²) in [6.45, 7) is 2.85. The molecule has 3 amide bonds. The second kappa shape index (κ2) is 13.7. The van der Waals surface area contributed by atoms with Crippen LogP contribution >= 0.6 is 24.0 Å². The lowest BCUT2D eigenvalue weighted by molar-refractivity contribution is -0.124. The first kappa shape index (κ1) is 28.1. The van der Waals surface area contributed by atoms with E-state index in [-0.39, 0.29) is 18.2 Å². The molecular formula is C30H29N3O4S2. The first-order chi connectivity index (χ1) is 18.9. The van der Waals surface area contributed by atoms with Gasteiger partial charge in [0.05, 0.1) is 4.91 Å². The Kier molecular flexibility index (Phi) is 9.88. The number of hydrogen-bond donors (Lipinski definition) is 2. The fraction of sp³-hybridized carbons (Fsp3) is 0.200. The predicted octanol–water partition coefficient (Wildman–Crippen LogP) is 5.27. The van der Waals surface area contributed by atoms with Crippen molar-refractivity contribution in [2.45, 2.75) is 32.8 Å². The summed E-state index contributed by atoms with van der Waals surface area (Å²) in [6.07, 6.45) is 3.32. The number of nitrogens with zero attached hydrogens (tertiary/aromatic N) is 1. The zero-order chi connectivity index (χ0) is 27.6. The van der Waals surface area contributed by atoms with Gasteiger partial charge in [0.1, 0.15) is 16.7 Å². The van der Waals surface area contributed by atoms with E-state index in [1.165, 1.54) is 22.2 Å². The maximum Gasteiger partial charge on any atom is 0.269 e. The molecule has 1 heterocycles. The SMILES string of the molecule is CCc1ccc(C=C2SC(=S)N(CCCC(=O)NNC(=O)c3ccc(OCc4ccccc4)cc3)C2=O)cc1. The number of aryl methyl sites for hydroxylation is 1. The largest absolute Gasteiger partial charge is 0.489 e. The van der Waals surface area contributed by atoms with E-state index in [0.717, 1.165) is 17.5 Å². The van der Waals surface area contributed by atoms with Crippen LogP contribution < -0.4 is 15.6 Å². The Morgan fingerprint density at radius 1 is 0.949 bits per heavy atom. The zero-order valence-corrected chi connectivity index (χ0v) is 23.1. The topological polar surface area (TPSA) is 87.7 Å². The molecule has 1 fully saturated rings. The third-order valence-corrected chi connectivity index (χ3v) is 7.40. The fourth-order valence-electron chi connectivity index (χ4n) is 3.80. The summed E-state index contributed by atoms with van der Waals surface area (Å²) in [6, 6.07) is 24.5. The molecule has 0 saturated carbocycles. The van der Waals surface area contributed by atoms with Crippen LogP contribution in [0.25, 0.3) is 6.08 Å². The molecule has 200 valence electrons. The minimum absolute atomic E-state index is 0.126. The Bertz CT molecular complexity index is 1360. The number of carbonyl (C=O) groups is 3. The summed E-state index contributed by atoms with van der Waals surface area (Å²) in [5.74, 6) is -0.316. The van der Waals surface area contributed by atoms with E-state index in [2.05, 4.69) is 17.8 Å². The number of benzene rings is 3. The third kappa shape index (κ3) is 8.02. The molecule has 9 heteroatoms. The van der Waals surface area contributed by atoms with E-state index in [0.29, 0.717) is 40.1 Å². The van der Waals surface area contributed by atoms with E-state index in [9.17, 15) is 14.4 Å². The van der Waals surface area contributed by atoms with Crippen molar-refractivity contribution in [2.24, 2.45) is 0 Å². The fourth-order valence-corrected chi connectivity index (χ4v) is 5.10. The predicted molar refractivity (Wildman–Crippen MR) is 158 cm³/mol. The van der Waals surface area contributed by atoms with Gasteiger partial charge in [-0.25, -0.2) is 0 Å². The van der Waals surface area contributed by atoms with Crippen LogP contribution in [0.2, 0.25) is 0 Å². The molecule has 1 aliphatic heterocycles. The molecule has 0 aromatic heterocycles. The molecule has 1 saturated heterocycles. The number of ether oxygens (including phenoxy) is 1. The van der Waals surface area contributed by atoms with Gasteiger partial charge in [-0.3, -0.25) is 30.1 Å². The standard InChI is InChI=1S/C30H29N3O4S2/c1-2-21-10-12-22(13-11-21)19-26-29(36)33(30(38)39-26)18-6-9-27(34)31-32-28(35)24-14-16-25(17-15-24)37-20-23-7-4-3-5-8-23/h3-5,7-8,10-17,19H,2,6,9,18,20H2,1H3,(H,31,34)(H,32,35). The van der Waals surface area contributed by atoms with Crippen molar-refractivity contribution in [3.63, 3.8) is 0 Å². The van der Waals surface area contributed by atoms with Crippen molar-refractivity contribution in [3.05, 3.63) is 106 Å². The van der Waals surface area contributed by atoms with Crippen LogP contribution in [0.4, 0.5) is 0 Å². The smallest absolute Gasteiger partial charge is 0.269 e. The Hall–Kier alpha value is -3.95. The second-order valence-electron chi connectivity index (χ2n) is 8.83. The molecule has 0 atom stereocenters. The summed E-state index contributed by atoms with van der Waals surface area (Å²) >= 11 is 6.64. The van der Waals surface area contributed by atoms with E-state index < -0.39 is 5.91 Å². The third-order valence-electron chi connectivity index (χ3n) is 6.03. The molecule has 39 heavy (non-hydrogen) atoms. The monoisotopic (exact) mass is 559 g/mol. The number of hydrazine groups is 1. The number of carbonyl (C=O) groups excluding carboxylic acids is 3. The minimum atomic E-state index is -0.438. The summed E-state index contributed by atoms with van der Waals surface area (Å²) < 4.78 is 6.20. The van der Waals surface area contributed by atoms with Crippen LogP contribution in [0.3, 0.4) is 0 Å². The van der Waals surface area contributed by atoms with E-state index in [4.69, 9.17) is 17.0 Å². The Balaban J connectivity index is 1.18. The van der Waals surface area contributed by atoms with E-state index >= 15 is 0 Å². The number of thioether (sulfide) groups is 1. The maximum atomic E-state index is 12.8. The first-order valence-electron chi connectivity index (χ1n) is 12.6. The van der Waals surface area contributed by atoms with Gasteiger partial charge in [-0.2, -0.15) is 0 Å². The molecule has 3 aromatic carbocycles.